The van der Waals surface area contributed by atoms with Gasteiger partial charge in [0.1, 0.15) is 5.56 Å². The third-order valence-electron chi connectivity index (χ3n) is 2.34. The fourth-order valence-electron chi connectivity index (χ4n) is 1.53. The Bertz CT molecular complexity index is 527. The van der Waals surface area contributed by atoms with Gasteiger partial charge in [0.05, 0.1) is 21.9 Å². The average molecular weight is 330 g/mol. The SMILES string of the molecule is CCOC(=O)c1cccc([N+](=O)[O-])c1C(=O)C(C)Br. The highest BCUT2D eigenvalue weighted by Gasteiger charge is 2.29. The summed E-state index contributed by atoms with van der Waals surface area (Å²) in [4.78, 5) is 33.4. The van der Waals surface area contributed by atoms with Crippen molar-refractivity contribution >= 4 is 33.4 Å². The van der Waals surface area contributed by atoms with Crippen molar-refractivity contribution < 1.29 is 19.2 Å². The molecule has 0 aliphatic rings. The average Bonchev–Trinajstić information content (AvgIpc) is 2.36. The summed E-state index contributed by atoms with van der Waals surface area (Å²) in [6.07, 6.45) is 0. The fourth-order valence-corrected chi connectivity index (χ4v) is 1.76. The molecule has 0 saturated heterocycles. The molecular weight excluding hydrogens is 318 g/mol. The Labute approximate surface area is 118 Å². The second-order valence-corrected chi connectivity index (χ2v) is 5.03. The summed E-state index contributed by atoms with van der Waals surface area (Å²) >= 11 is 3.06. The predicted molar refractivity (Wildman–Crippen MR) is 71.8 cm³/mol. The van der Waals surface area contributed by atoms with Gasteiger partial charge in [0.2, 0.25) is 0 Å². The summed E-state index contributed by atoms with van der Waals surface area (Å²) in [6.45, 7) is 3.27. The van der Waals surface area contributed by atoms with E-state index in [4.69, 9.17) is 4.74 Å². The summed E-state index contributed by atoms with van der Waals surface area (Å²) in [6, 6.07) is 3.87. The van der Waals surface area contributed by atoms with Gasteiger partial charge in [-0.05, 0) is 19.9 Å². The van der Waals surface area contributed by atoms with Crippen LogP contribution in [0.4, 0.5) is 5.69 Å². The van der Waals surface area contributed by atoms with Gasteiger partial charge in [-0.15, -0.1) is 0 Å². The standard InChI is InChI=1S/C12H12BrNO5/c1-3-19-12(16)8-5-4-6-9(14(17)18)10(8)11(15)7(2)13/h4-7H,3H2,1-2H3. The first kappa shape index (κ1) is 15.3. The van der Waals surface area contributed by atoms with Gasteiger partial charge in [-0.3, -0.25) is 14.9 Å². The maximum absolute atomic E-state index is 12.0. The van der Waals surface area contributed by atoms with Crippen molar-refractivity contribution in [1.82, 2.24) is 0 Å². The molecule has 1 aromatic rings. The molecule has 0 fully saturated rings. The van der Waals surface area contributed by atoms with E-state index >= 15 is 0 Å². The predicted octanol–water partition coefficient (Wildman–Crippen LogP) is 2.74. The Hall–Kier alpha value is -1.76. The number of carbonyl (C=O) groups is 2. The lowest BCUT2D eigenvalue weighted by atomic mass is 10.00. The van der Waals surface area contributed by atoms with Crippen LogP contribution in [0.25, 0.3) is 0 Å². The molecule has 1 aromatic carbocycles. The molecule has 7 heteroatoms. The van der Waals surface area contributed by atoms with E-state index < -0.39 is 27.2 Å². The van der Waals surface area contributed by atoms with Gasteiger partial charge in [0.25, 0.3) is 5.69 Å². The highest BCUT2D eigenvalue weighted by Crippen LogP contribution is 2.26. The molecule has 0 N–H and O–H groups in total. The van der Waals surface area contributed by atoms with Crippen LogP contribution >= 0.6 is 15.9 Å². The van der Waals surface area contributed by atoms with Crippen molar-refractivity contribution in [2.24, 2.45) is 0 Å². The Morgan fingerprint density at radius 1 is 1.47 bits per heavy atom. The molecule has 0 aliphatic carbocycles. The number of esters is 1. The number of nitro groups is 1. The largest absolute Gasteiger partial charge is 0.462 e. The molecular formula is C12H12BrNO5. The zero-order valence-corrected chi connectivity index (χ0v) is 12.0. The topological polar surface area (TPSA) is 86.5 Å². The monoisotopic (exact) mass is 329 g/mol. The number of hydrogen-bond acceptors (Lipinski definition) is 5. The maximum atomic E-state index is 12.0. The first-order valence-corrected chi connectivity index (χ1v) is 6.44. The molecule has 0 spiro atoms. The lowest BCUT2D eigenvalue weighted by molar-refractivity contribution is -0.385. The lowest BCUT2D eigenvalue weighted by Gasteiger charge is -2.09. The second-order valence-electron chi connectivity index (χ2n) is 3.66. The van der Waals surface area contributed by atoms with Crippen molar-refractivity contribution in [3.8, 4) is 0 Å². The molecule has 0 heterocycles. The number of ketones is 1. The van der Waals surface area contributed by atoms with E-state index in [1.807, 2.05) is 0 Å². The minimum Gasteiger partial charge on any atom is -0.462 e. The zero-order chi connectivity index (χ0) is 14.6. The molecule has 1 unspecified atom stereocenters. The molecule has 0 amide bonds. The number of halogens is 1. The van der Waals surface area contributed by atoms with Crippen molar-refractivity contribution in [3.63, 3.8) is 0 Å². The van der Waals surface area contributed by atoms with E-state index in [1.165, 1.54) is 25.1 Å². The molecule has 1 rings (SSSR count). The Balaban J connectivity index is 3.47. The Morgan fingerprint density at radius 3 is 2.58 bits per heavy atom. The van der Waals surface area contributed by atoms with Crippen LogP contribution in [0.3, 0.4) is 0 Å². The second kappa shape index (κ2) is 6.42. The lowest BCUT2D eigenvalue weighted by Crippen LogP contribution is -2.18. The van der Waals surface area contributed by atoms with Crippen molar-refractivity contribution in [3.05, 3.63) is 39.4 Å². The van der Waals surface area contributed by atoms with Crippen LogP contribution < -0.4 is 0 Å². The van der Waals surface area contributed by atoms with Gasteiger partial charge in [0.15, 0.2) is 5.78 Å². The van der Waals surface area contributed by atoms with Gasteiger partial charge in [0, 0.05) is 6.07 Å². The molecule has 0 bridgehead atoms. The highest BCUT2D eigenvalue weighted by molar-refractivity contribution is 9.10. The molecule has 0 aliphatic heterocycles. The Morgan fingerprint density at radius 2 is 2.11 bits per heavy atom. The molecule has 1 atom stereocenters. The van der Waals surface area contributed by atoms with Gasteiger partial charge >= 0.3 is 5.97 Å². The van der Waals surface area contributed by atoms with Crippen LogP contribution in [0.15, 0.2) is 18.2 Å². The van der Waals surface area contributed by atoms with Crippen molar-refractivity contribution in [2.75, 3.05) is 6.61 Å². The number of nitrogens with zero attached hydrogens (tertiary/aromatic N) is 1. The fraction of sp³-hybridized carbons (Fsp3) is 0.333. The Kier molecular flexibility index (Phi) is 5.17. The van der Waals surface area contributed by atoms with Gasteiger partial charge in [-0.2, -0.15) is 0 Å². The van der Waals surface area contributed by atoms with E-state index in [9.17, 15) is 19.7 Å². The van der Waals surface area contributed by atoms with Gasteiger partial charge in [-0.1, -0.05) is 22.0 Å². The highest BCUT2D eigenvalue weighted by atomic mass is 79.9. The van der Waals surface area contributed by atoms with E-state index in [1.54, 1.807) is 6.92 Å². The number of hydrogen-bond donors (Lipinski definition) is 0. The summed E-state index contributed by atoms with van der Waals surface area (Å²) in [7, 11) is 0. The molecule has 0 radical (unpaired) electrons. The van der Waals surface area contributed by atoms with Gasteiger partial charge < -0.3 is 4.74 Å². The van der Waals surface area contributed by atoms with Crippen LogP contribution in [-0.2, 0) is 4.74 Å². The third-order valence-corrected chi connectivity index (χ3v) is 2.76. The normalized spacial score (nSPS) is 11.7. The van der Waals surface area contributed by atoms with Crippen molar-refractivity contribution in [1.29, 1.82) is 0 Å². The zero-order valence-electron chi connectivity index (χ0n) is 10.4. The first-order valence-electron chi connectivity index (χ1n) is 5.53. The molecule has 102 valence electrons. The number of carbonyl (C=O) groups excluding carboxylic acids is 2. The number of Topliss-reactive ketones (excluding diaryl/α,β-unsaturated/α-hetero) is 1. The summed E-state index contributed by atoms with van der Waals surface area (Å²) in [5, 5.41) is 11.0. The van der Waals surface area contributed by atoms with Crippen molar-refractivity contribution in [2.45, 2.75) is 18.7 Å². The van der Waals surface area contributed by atoms with E-state index in [-0.39, 0.29) is 17.7 Å². The molecule has 19 heavy (non-hydrogen) atoms. The molecule has 0 aromatic heterocycles. The van der Waals surface area contributed by atoms with E-state index in [2.05, 4.69) is 15.9 Å². The van der Waals surface area contributed by atoms with Crippen LogP contribution in [0.1, 0.15) is 34.6 Å². The van der Waals surface area contributed by atoms with Gasteiger partial charge in [-0.25, -0.2) is 4.79 Å². The number of ether oxygens (including phenoxy) is 1. The summed E-state index contributed by atoms with van der Waals surface area (Å²) < 4.78 is 4.80. The minimum atomic E-state index is -0.747. The number of alkyl halides is 1. The minimum absolute atomic E-state index is 0.0904. The number of nitro benzene ring substituents is 1. The van der Waals surface area contributed by atoms with E-state index in [0.29, 0.717) is 0 Å². The molecule has 0 saturated carbocycles. The maximum Gasteiger partial charge on any atom is 0.339 e. The smallest absolute Gasteiger partial charge is 0.339 e. The summed E-state index contributed by atoms with van der Waals surface area (Å²) in [5.74, 6) is -1.28. The van der Waals surface area contributed by atoms with Crippen LogP contribution in [0.5, 0.6) is 0 Å². The van der Waals surface area contributed by atoms with Crippen LogP contribution in [-0.4, -0.2) is 28.1 Å². The number of rotatable bonds is 5. The first-order chi connectivity index (χ1) is 8.90. The number of benzene rings is 1. The van der Waals surface area contributed by atoms with Crippen LogP contribution in [0, 0.1) is 10.1 Å². The molecule has 6 nitrogen and oxygen atoms in total. The third kappa shape index (κ3) is 3.37. The quantitative estimate of drug-likeness (QED) is 0.272. The summed E-state index contributed by atoms with van der Waals surface area (Å²) in [5.41, 5.74) is -0.718. The van der Waals surface area contributed by atoms with Crippen LogP contribution in [0.2, 0.25) is 0 Å². The van der Waals surface area contributed by atoms with E-state index in [0.717, 1.165) is 0 Å².